The zero-order chi connectivity index (χ0) is 11.2. The third-order valence-electron chi connectivity index (χ3n) is 3.31. The van der Waals surface area contributed by atoms with Gasteiger partial charge in [-0.05, 0) is 25.3 Å². The first-order chi connectivity index (χ1) is 7.90. The zero-order valence-electron chi connectivity index (χ0n) is 9.91. The smallest absolute Gasteiger partial charge is 0.165 e. The summed E-state index contributed by atoms with van der Waals surface area (Å²) in [5.41, 5.74) is 0. The molecule has 1 aliphatic carbocycles. The second-order valence-corrected chi connectivity index (χ2v) is 5.42. The Morgan fingerprint density at radius 3 is 3.00 bits per heavy atom. The van der Waals surface area contributed by atoms with Crippen LogP contribution in [0, 0.1) is 5.92 Å². The van der Waals surface area contributed by atoms with Gasteiger partial charge in [0.25, 0.3) is 0 Å². The minimum absolute atomic E-state index is 0.655. The van der Waals surface area contributed by atoms with Crippen LogP contribution in [0.2, 0.25) is 0 Å². The molecule has 0 spiro atoms. The summed E-state index contributed by atoms with van der Waals surface area (Å²) in [6, 6.07) is 0.655. The number of H-pyrrole nitrogens is 1. The Bertz CT molecular complexity index is 280. The van der Waals surface area contributed by atoms with Gasteiger partial charge in [-0.25, -0.2) is 4.98 Å². The number of aromatic amines is 1. The molecule has 1 unspecified atom stereocenters. The summed E-state index contributed by atoms with van der Waals surface area (Å²) in [6.07, 6.45) is 9.34. The van der Waals surface area contributed by atoms with Crippen molar-refractivity contribution in [3.63, 3.8) is 0 Å². The molecule has 90 valence electrons. The van der Waals surface area contributed by atoms with Crippen molar-refractivity contribution in [3.8, 4) is 0 Å². The summed E-state index contributed by atoms with van der Waals surface area (Å²) in [6.45, 7) is 3.26. The summed E-state index contributed by atoms with van der Waals surface area (Å²) >= 11 is 1.83. The number of rotatable bonds is 6. The average molecular weight is 239 g/mol. The average Bonchev–Trinajstić information content (AvgIpc) is 2.96. The molecule has 4 heteroatoms. The van der Waals surface area contributed by atoms with Gasteiger partial charge in [0.2, 0.25) is 0 Å². The highest BCUT2D eigenvalue weighted by molar-refractivity contribution is 7.99. The fourth-order valence-corrected chi connectivity index (χ4v) is 3.50. The molecule has 0 bridgehead atoms. The highest BCUT2D eigenvalue weighted by Crippen LogP contribution is 2.30. The Hall–Kier alpha value is -0.480. The van der Waals surface area contributed by atoms with Gasteiger partial charge in [-0.1, -0.05) is 31.5 Å². The molecule has 2 N–H and O–H groups in total. The van der Waals surface area contributed by atoms with E-state index in [1.807, 2.05) is 24.2 Å². The lowest BCUT2D eigenvalue weighted by Crippen LogP contribution is -2.37. The van der Waals surface area contributed by atoms with E-state index in [4.69, 9.17) is 0 Å². The molecule has 3 nitrogen and oxygen atoms in total. The van der Waals surface area contributed by atoms with Crippen LogP contribution in [0.1, 0.15) is 32.6 Å². The predicted molar refractivity (Wildman–Crippen MR) is 68.7 cm³/mol. The van der Waals surface area contributed by atoms with Gasteiger partial charge in [0, 0.05) is 24.2 Å². The van der Waals surface area contributed by atoms with E-state index in [2.05, 4.69) is 22.2 Å². The Morgan fingerprint density at radius 1 is 1.56 bits per heavy atom. The van der Waals surface area contributed by atoms with Crippen LogP contribution in [0.5, 0.6) is 0 Å². The molecule has 0 radical (unpaired) electrons. The number of hydrogen-bond acceptors (Lipinski definition) is 3. The standard InChI is InChI=1S/C12H21N3S/c1-2-13-11(10-5-3-4-6-10)9-16-12-14-7-8-15-12/h7-8,10-11,13H,2-6,9H2,1H3,(H,14,15). The van der Waals surface area contributed by atoms with Crippen LogP contribution < -0.4 is 5.32 Å². The Morgan fingerprint density at radius 2 is 2.38 bits per heavy atom. The first-order valence-electron chi connectivity index (χ1n) is 6.25. The number of imidazole rings is 1. The number of thioether (sulfide) groups is 1. The second kappa shape index (κ2) is 6.30. The monoisotopic (exact) mass is 239 g/mol. The summed E-state index contributed by atoms with van der Waals surface area (Å²) in [5.74, 6) is 2.01. The van der Waals surface area contributed by atoms with E-state index < -0.39 is 0 Å². The van der Waals surface area contributed by atoms with Gasteiger partial charge in [-0.2, -0.15) is 0 Å². The lowest BCUT2D eigenvalue weighted by Gasteiger charge is -2.23. The van der Waals surface area contributed by atoms with Crippen molar-refractivity contribution in [2.45, 2.75) is 43.8 Å². The molecule has 0 saturated heterocycles. The normalized spacial score (nSPS) is 19.1. The maximum absolute atomic E-state index is 4.25. The summed E-state index contributed by atoms with van der Waals surface area (Å²) in [5, 5.41) is 4.67. The number of aromatic nitrogens is 2. The van der Waals surface area contributed by atoms with Crippen molar-refractivity contribution in [1.82, 2.24) is 15.3 Å². The number of nitrogens with one attached hydrogen (secondary N) is 2. The first-order valence-corrected chi connectivity index (χ1v) is 7.24. The minimum atomic E-state index is 0.655. The largest absolute Gasteiger partial charge is 0.340 e. The molecule has 1 aliphatic rings. The van der Waals surface area contributed by atoms with Gasteiger partial charge in [0.15, 0.2) is 5.16 Å². The Labute approximate surface area is 102 Å². The lowest BCUT2D eigenvalue weighted by molar-refractivity contribution is 0.394. The van der Waals surface area contributed by atoms with Crippen LogP contribution in [0.15, 0.2) is 17.6 Å². The molecule has 16 heavy (non-hydrogen) atoms. The van der Waals surface area contributed by atoms with Gasteiger partial charge in [-0.3, -0.25) is 0 Å². The molecular weight excluding hydrogens is 218 g/mol. The van der Waals surface area contributed by atoms with Crippen molar-refractivity contribution in [2.24, 2.45) is 5.92 Å². The zero-order valence-corrected chi connectivity index (χ0v) is 10.7. The topological polar surface area (TPSA) is 40.7 Å². The Kier molecular flexibility index (Phi) is 4.72. The van der Waals surface area contributed by atoms with E-state index in [0.29, 0.717) is 6.04 Å². The van der Waals surface area contributed by atoms with Crippen LogP contribution in [0.25, 0.3) is 0 Å². The van der Waals surface area contributed by atoms with Crippen LogP contribution in [-0.2, 0) is 0 Å². The van der Waals surface area contributed by atoms with Crippen LogP contribution in [-0.4, -0.2) is 28.3 Å². The molecular formula is C12H21N3S. The Balaban J connectivity index is 1.82. The number of nitrogens with zero attached hydrogens (tertiary/aromatic N) is 1. The van der Waals surface area contributed by atoms with E-state index >= 15 is 0 Å². The van der Waals surface area contributed by atoms with Crippen LogP contribution in [0.3, 0.4) is 0 Å². The van der Waals surface area contributed by atoms with E-state index in [0.717, 1.165) is 23.4 Å². The highest BCUT2D eigenvalue weighted by Gasteiger charge is 2.24. The minimum Gasteiger partial charge on any atom is -0.340 e. The summed E-state index contributed by atoms with van der Waals surface area (Å²) in [7, 11) is 0. The fourth-order valence-electron chi connectivity index (χ4n) is 2.48. The molecule has 1 atom stereocenters. The van der Waals surface area contributed by atoms with Gasteiger partial charge in [-0.15, -0.1) is 0 Å². The van der Waals surface area contributed by atoms with Crippen molar-refractivity contribution in [2.75, 3.05) is 12.3 Å². The van der Waals surface area contributed by atoms with Gasteiger partial charge in [0.1, 0.15) is 0 Å². The predicted octanol–water partition coefficient (Wildman–Crippen LogP) is 2.67. The molecule has 2 rings (SSSR count). The first kappa shape index (κ1) is 12.0. The molecule has 0 aromatic carbocycles. The van der Waals surface area contributed by atoms with E-state index in [1.54, 1.807) is 0 Å². The molecule has 1 aromatic rings. The summed E-state index contributed by atoms with van der Waals surface area (Å²) < 4.78 is 0. The van der Waals surface area contributed by atoms with Crippen molar-refractivity contribution in [1.29, 1.82) is 0 Å². The van der Waals surface area contributed by atoms with E-state index in [1.165, 1.54) is 25.7 Å². The number of hydrogen-bond donors (Lipinski definition) is 2. The molecule has 1 aromatic heterocycles. The van der Waals surface area contributed by atoms with Gasteiger partial charge in [0.05, 0.1) is 0 Å². The SMILES string of the molecule is CCNC(CSc1ncc[nH]1)C1CCCC1. The fraction of sp³-hybridized carbons (Fsp3) is 0.750. The molecule has 0 amide bonds. The van der Waals surface area contributed by atoms with Crippen LogP contribution >= 0.6 is 11.8 Å². The maximum atomic E-state index is 4.25. The third kappa shape index (κ3) is 3.25. The van der Waals surface area contributed by atoms with Crippen molar-refractivity contribution >= 4 is 11.8 Å². The van der Waals surface area contributed by atoms with Crippen LogP contribution in [0.4, 0.5) is 0 Å². The van der Waals surface area contributed by atoms with Crippen molar-refractivity contribution < 1.29 is 0 Å². The maximum Gasteiger partial charge on any atom is 0.165 e. The molecule has 1 saturated carbocycles. The summed E-state index contributed by atoms with van der Waals surface area (Å²) in [4.78, 5) is 7.40. The van der Waals surface area contributed by atoms with E-state index in [9.17, 15) is 0 Å². The van der Waals surface area contributed by atoms with E-state index in [-0.39, 0.29) is 0 Å². The second-order valence-electron chi connectivity index (χ2n) is 4.41. The van der Waals surface area contributed by atoms with Crippen molar-refractivity contribution in [3.05, 3.63) is 12.4 Å². The quantitative estimate of drug-likeness (QED) is 0.750. The van der Waals surface area contributed by atoms with Gasteiger partial charge < -0.3 is 10.3 Å². The van der Waals surface area contributed by atoms with Gasteiger partial charge >= 0.3 is 0 Å². The molecule has 0 aliphatic heterocycles. The molecule has 1 heterocycles. The lowest BCUT2D eigenvalue weighted by atomic mass is 10.00. The highest BCUT2D eigenvalue weighted by atomic mass is 32.2. The molecule has 1 fully saturated rings. The third-order valence-corrected chi connectivity index (χ3v) is 4.33.